The summed E-state index contributed by atoms with van der Waals surface area (Å²) in [7, 11) is 0. The Bertz CT molecular complexity index is 891. The molecular formula is C27H34O3. The number of carbonyl (C=O) groups is 1. The second-order valence-electron chi connectivity index (χ2n) is 8.65. The summed E-state index contributed by atoms with van der Waals surface area (Å²) in [6, 6.07) is 6.80. The summed E-state index contributed by atoms with van der Waals surface area (Å²) >= 11 is 0. The normalized spacial score (nSPS) is 17.8. The minimum absolute atomic E-state index is 0.0326. The van der Waals surface area contributed by atoms with Gasteiger partial charge < -0.3 is 9.84 Å². The summed E-state index contributed by atoms with van der Waals surface area (Å²) in [5.41, 5.74) is 5.94. The van der Waals surface area contributed by atoms with Gasteiger partial charge in [0.15, 0.2) is 0 Å². The van der Waals surface area contributed by atoms with Crippen molar-refractivity contribution in [2.75, 3.05) is 0 Å². The fraction of sp³-hybridized carbons (Fsp3) is 0.370. The highest BCUT2D eigenvalue weighted by atomic mass is 16.5. The zero-order valence-corrected chi connectivity index (χ0v) is 18.9. The Morgan fingerprint density at radius 3 is 2.47 bits per heavy atom. The molecule has 1 aromatic carbocycles. The number of esters is 1. The fourth-order valence-corrected chi connectivity index (χ4v) is 3.67. The van der Waals surface area contributed by atoms with Crippen LogP contribution in [0.2, 0.25) is 0 Å². The summed E-state index contributed by atoms with van der Waals surface area (Å²) in [5, 5.41) is 9.05. The van der Waals surface area contributed by atoms with Gasteiger partial charge in [0.2, 0.25) is 0 Å². The van der Waals surface area contributed by atoms with Crippen LogP contribution in [-0.4, -0.2) is 11.1 Å². The van der Waals surface area contributed by atoms with Gasteiger partial charge in [-0.3, -0.25) is 0 Å². The molecule has 0 fully saturated rings. The van der Waals surface area contributed by atoms with Crippen molar-refractivity contribution in [2.45, 2.75) is 60.5 Å². The SMILES string of the molecule is CC1=C(/C=C/C(C)=C/C=C/C(C)=C/C(=O)Oc2ccc(CO)cc2)C(C)(C)CCC1. The van der Waals surface area contributed by atoms with E-state index in [-0.39, 0.29) is 12.0 Å². The molecule has 2 rings (SSSR count). The lowest BCUT2D eigenvalue weighted by molar-refractivity contribution is -0.129. The zero-order chi connectivity index (χ0) is 22.1. The Kier molecular flexibility index (Phi) is 8.61. The van der Waals surface area contributed by atoms with E-state index in [2.05, 4.69) is 39.8 Å². The highest BCUT2D eigenvalue weighted by Crippen LogP contribution is 2.40. The lowest BCUT2D eigenvalue weighted by atomic mass is 9.72. The average Bonchev–Trinajstić information content (AvgIpc) is 2.67. The van der Waals surface area contributed by atoms with Crippen molar-refractivity contribution in [3.63, 3.8) is 0 Å². The third-order valence-corrected chi connectivity index (χ3v) is 5.44. The molecule has 0 heterocycles. The van der Waals surface area contributed by atoms with E-state index in [1.807, 2.05) is 25.2 Å². The molecule has 0 bridgehead atoms. The number of ether oxygens (including phenoxy) is 1. The summed E-state index contributed by atoms with van der Waals surface area (Å²) in [6.07, 6.45) is 15.5. The molecule has 1 aliphatic rings. The van der Waals surface area contributed by atoms with Crippen molar-refractivity contribution < 1.29 is 14.6 Å². The van der Waals surface area contributed by atoms with Crippen LogP contribution in [0.5, 0.6) is 5.75 Å². The Morgan fingerprint density at radius 1 is 1.13 bits per heavy atom. The lowest BCUT2D eigenvalue weighted by Crippen LogP contribution is -2.19. The topological polar surface area (TPSA) is 46.5 Å². The number of hydrogen-bond acceptors (Lipinski definition) is 3. The first-order valence-electron chi connectivity index (χ1n) is 10.5. The fourth-order valence-electron chi connectivity index (χ4n) is 3.67. The van der Waals surface area contributed by atoms with Gasteiger partial charge in [0.25, 0.3) is 0 Å². The van der Waals surface area contributed by atoms with E-state index in [1.54, 1.807) is 24.3 Å². The van der Waals surface area contributed by atoms with E-state index in [4.69, 9.17) is 9.84 Å². The summed E-state index contributed by atoms with van der Waals surface area (Å²) in [5.74, 6) is 0.0396. The zero-order valence-electron chi connectivity index (χ0n) is 18.9. The van der Waals surface area contributed by atoms with Crippen LogP contribution >= 0.6 is 0 Å². The van der Waals surface area contributed by atoms with E-state index in [9.17, 15) is 4.79 Å². The first-order chi connectivity index (χ1) is 14.2. The number of allylic oxidation sites excluding steroid dienone is 9. The summed E-state index contributed by atoms with van der Waals surface area (Å²) in [4.78, 5) is 12.0. The van der Waals surface area contributed by atoms with Crippen LogP contribution in [-0.2, 0) is 11.4 Å². The van der Waals surface area contributed by atoms with Gasteiger partial charge in [0.1, 0.15) is 5.75 Å². The van der Waals surface area contributed by atoms with Crippen LogP contribution in [0.4, 0.5) is 0 Å². The van der Waals surface area contributed by atoms with Crippen molar-refractivity contribution in [3.05, 3.63) is 88.6 Å². The van der Waals surface area contributed by atoms with Gasteiger partial charge in [-0.25, -0.2) is 4.79 Å². The average molecular weight is 407 g/mol. The molecule has 0 unspecified atom stereocenters. The molecule has 0 spiro atoms. The maximum atomic E-state index is 12.0. The van der Waals surface area contributed by atoms with Crippen molar-refractivity contribution in [1.29, 1.82) is 0 Å². The van der Waals surface area contributed by atoms with Crippen LogP contribution in [0.15, 0.2) is 83.0 Å². The Morgan fingerprint density at radius 2 is 1.83 bits per heavy atom. The monoisotopic (exact) mass is 406 g/mol. The van der Waals surface area contributed by atoms with Crippen LogP contribution in [0, 0.1) is 5.41 Å². The molecule has 3 nitrogen and oxygen atoms in total. The second-order valence-corrected chi connectivity index (χ2v) is 8.65. The first-order valence-corrected chi connectivity index (χ1v) is 10.5. The van der Waals surface area contributed by atoms with Gasteiger partial charge in [-0.1, -0.05) is 67.5 Å². The molecule has 3 heteroatoms. The predicted octanol–water partition coefficient (Wildman–Crippen LogP) is 6.62. The maximum Gasteiger partial charge on any atom is 0.336 e. The molecule has 0 aliphatic heterocycles. The van der Waals surface area contributed by atoms with Gasteiger partial charge in [-0.2, -0.15) is 0 Å². The van der Waals surface area contributed by atoms with Gasteiger partial charge in [-0.15, -0.1) is 0 Å². The van der Waals surface area contributed by atoms with E-state index in [1.165, 1.54) is 36.5 Å². The largest absolute Gasteiger partial charge is 0.423 e. The standard InChI is InChI=1S/C27H34O3/c1-20(11-16-25-22(3)10-7-17-27(25,4)5)8-6-9-21(2)18-26(29)30-24-14-12-23(19-28)13-15-24/h6,8-9,11-16,18,28H,7,10,17,19H2,1-5H3/b9-6+,16-11+,20-8+,21-18+. The molecule has 0 radical (unpaired) electrons. The highest BCUT2D eigenvalue weighted by Gasteiger charge is 2.26. The van der Waals surface area contributed by atoms with E-state index >= 15 is 0 Å². The van der Waals surface area contributed by atoms with Gasteiger partial charge in [0.05, 0.1) is 6.61 Å². The smallest absolute Gasteiger partial charge is 0.336 e. The van der Waals surface area contributed by atoms with E-state index in [0.29, 0.717) is 5.75 Å². The minimum atomic E-state index is -0.420. The number of hydrogen-bond donors (Lipinski definition) is 1. The van der Waals surface area contributed by atoms with Crippen molar-refractivity contribution in [3.8, 4) is 5.75 Å². The maximum absolute atomic E-state index is 12.0. The molecule has 30 heavy (non-hydrogen) atoms. The quantitative estimate of drug-likeness (QED) is 0.240. The number of carbonyl (C=O) groups excluding carboxylic acids is 1. The molecule has 1 aromatic rings. The molecule has 0 aromatic heterocycles. The third kappa shape index (κ3) is 7.31. The number of aliphatic hydroxyl groups is 1. The molecule has 0 saturated carbocycles. The van der Waals surface area contributed by atoms with Gasteiger partial charge in [0, 0.05) is 6.08 Å². The molecule has 0 saturated heterocycles. The molecule has 0 amide bonds. The van der Waals surface area contributed by atoms with Crippen LogP contribution in [0.1, 0.15) is 59.4 Å². The molecule has 1 N–H and O–H groups in total. The lowest BCUT2D eigenvalue weighted by Gasteiger charge is -2.32. The second kappa shape index (κ2) is 10.9. The van der Waals surface area contributed by atoms with E-state index in [0.717, 1.165) is 16.7 Å². The summed E-state index contributed by atoms with van der Waals surface area (Å²) in [6.45, 7) is 10.8. The van der Waals surface area contributed by atoms with E-state index < -0.39 is 5.97 Å². The first kappa shape index (κ1) is 23.6. The van der Waals surface area contributed by atoms with Crippen molar-refractivity contribution in [1.82, 2.24) is 0 Å². The predicted molar refractivity (Wildman–Crippen MR) is 124 cm³/mol. The molecule has 160 valence electrons. The third-order valence-electron chi connectivity index (χ3n) is 5.44. The van der Waals surface area contributed by atoms with Gasteiger partial charge >= 0.3 is 5.97 Å². The molecule has 1 aliphatic carbocycles. The van der Waals surface area contributed by atoms with Crippen LogP contribution in [0.3, 0.4) is 0 Å². The Balaban J connectivity index is 1.95. The highest BCUT2D eigenvalue weighted by molar-refractivity contribution is 5.85. The van der Waals surface area contributed by atoms with Crippen LogP contribution < -0.4 is 4.74 Å². The van der Waals surface area contributed by atoms with Crippen molar-refractivity contribution in [2.24, 2.45) is 5.41 Å². The number of rotatable bonds is 7. The molecule has 0 atom stereocenters. The Hall–Kier alpha value is -2.65. The number of aliphatic hydroxyl groups excluding tert-OH is 1. The minimum Gasteiger partial charge on any atom is -0.423 e. The van der Waals surface area contributed by atoms with Crippen molar-refractivity contribution >= 4 is 5.97 Å². The Labute approximate surface area is 181 Å². The number of benzene rings is 1. The molecular weight excluding hydrogens is 372 g/mol. The van der Waals surface area contributed by atoms with Gasteiger partial charge in [-0.05, 0) is 74.3 Å². The van der Waals surface area contributed by atoms with Crippen LogP contribution in [0.25, 0.3) is 0 Å². The summed E-state index contributed by atoms with van der Waals surface area (Å²) < 4.78 is 5.28.